The normalized spacial score (nSPS) is 27.4. The van der Waals surface area contributed by atoms with E-state index >= 15 is 0 Å². The summed E-state index contributed by atoms with van der Waals surface area (Å²) in [4.78, 5) is 23.4. The maximum Gasteiger partial charge on any atom is 0.313 e. The number of rotatable bonds is 6. The van der Waals surface area contributed by atoms with E-state index in [1.165, 1.54) is 0 Å². The summed E-state index contributed by atoms with van der Waals surface area (Å²) in [5.41, 5.74) is 0. The minimum absolute atomic E-state index is 0.224. The number of unbranched alkanes of at least 4 members (excludes halogenated alkanes) is 1. The third-order valence-corrected chi connectivity index (χ3v) is 3.18. The summed E-state index contributed by atoms with van der Waals surface area (Å²) >= 11 is 0. The highest BCUT2D eigenvalue weighted by Crippen LogP contribution is 2.29. The molecule has 0 amide bonds. The molecule has 0 saturated carbocycles. The molecule has 0 aliphatic carbocycles. The van der Waals surface area contributed by atoms with Gasteiger partial charge in [-0.25, -0.2) is 0 Å². The van der Waals surface area contributed by atoms with Crippen LogP contribution in [-0.2, 0) is 19.1 Å². The molecule has 1 saturated heterocycles. The molecule has 1 rings (SSSR count). The summed E-state index contributed by atoms with van der Waals surface area (Å²) in [5, 5.41) is 0. The zero-order valence-electron chi connectivity index (χ0n) is 11.8. The molecule has 1 aliphatic rings. The molecule has 3 atom stereocenters. The van der Waals surface area contributed by atoms with Crippen molar-refractivity contribution in [3.63, 3.8) is 0 Å². The first kappa shape index (κ1) is 15.0. The van der Waals surface area contributed by atoms with Crippen LogP contribution in [-0.4, -0.2) is 24.1 Å². The molecule has 1 fully saturated rings. The van der Waals surface area contributed by atoms with E-state index in [4.69, 9.17) is 9.47 Å². The van der Waals surface area contributed by atoms with Crippen LogP contribution in [0.15, 0.2) is 0 Å². The first-order chi connectivity index (χ1) is 8.45. The largest absolute Gasteiger partial charge is 0.458 e. The Morgan fingerprint density at radius 2 is 2.11 bits per heavy atom. The van der Waals surface area contributed by atoms with Crippen molar-refractivity contribution in [1.82, 2.24) is 0 Å². The van der Waals surface area contributed by atoms with Gasteiger partial charge in [-0.1, -0.05) is 33.6 Å². The minimum atomic E-state index is -0.407. The quantitative estimate of drug-likeness (QED) is 0.686. The zero-order chi connectivity index (χ0) is 13.7. The average Bonchev–Trinajstić information content (AvgIpc) is 2.50. The molecule has 4 nitrogen and oxygen atoms in total. The maximum absolute atomic E-state index is 11.7. The highest BCUT2D eigenvalue weighted by atomic mass is 16.6. The van der Waals surface area contributed by atoms with Crippen LogP contribution in [0.5, 0.6) is 0 Å². The van der Waals surface area contributed by atoms with Gasteiger partial charge in [0, 0.05) is 6.42 Å². The summed E-state index contributed by atoms with van der Waals surface area (Å²) in [6, 6.07) is 0. The second-order valence-electron chi connectivity index (χ2n) is 5.44. The topological polar surface area (TPSA) is 52.6 Å². The number of ether oxygens (including phenoxy) is 2. The molecule has 0 unspecified atom stereocenters. The fourth-order valence-corrected chi connectivity index (χ4v) is 2.22. The molecule has 4 heteroatoms. The minimum Gasteiger partial charge on any atom is -0.458 e. The van der Waals surface area contributed by atoms with E-state index in [0.717, 1.165) is 19.3 Å². The molecular formula is C14H24O4. The highest BCUT2D eigenvalue weighted by Gasteiger charge is 2.44. The van der Waals surface area contributed by atoms with Gasteiger partial charge in [-0.2, -0.15) is 0 Å². The van der Waals surface area contributed by atoms with E-state index in [2.05, 4.69) is 6.92 Å². The van der Waals surface area contributed by atoms with Crippen LogP contribution in [0.25, 0.3) is 0 Å². The van der Waals surface area contributed by atoms with Crippen molar-refractivity contribution in [2.75, 3.05) is 0 Å². The third kappa shape index (κ3) is 4.00. The summed E-state index contributed by atoms with van der Waals surface area (Å²) in [5.74, 6) is -0.476. The number of carbonyl (C=O) groups is 2. The lowest BCUT2D eigenvalue weighted by molar-refractivity contribution is -0.154. The van der Waals surface area contributed by atoms with E-state index in [1.54, 1.807) is 6.92 Å². The predicted molar refractivity (Wildman–Crippen MR) is 67.9 cm³/mol. The molecule has 1 heterocycles. The lowest BCUT2D eigenvalue weighted by Crippen LogP contribution is -2.31. The SMILES string of the molecule is CCCC[C@H]1C(=O)O[C@@H](C)[C@@H]1OC(=O)CC(C)C. The van der Waals surface area contributed by atoms with Gasteiger partial charge in [-0.05, 0) is 19.3 Å². The monoisotopic (exact) mass is 256 g/mol. The summed E-state index contributed by atoms with van der Waals surface area (Å²) in [7, 11) is 0. The molecule has 1 aliphatic heterocycles. The smallest absolute Gasteiger partial charge is 0.313 e. The van der Waals surface area contributed by atoms with Gasteiger partial charge in [0.2, 0.25) is 0 Å². The highest BCUT2D eigenvalue weighted by molar-refractivity contribution is 5.77. The van der Waals surface area contributed by atoms with Gasteiger partial charge in [0.15, 0.2) is 6.10 Å². The number of carbonyl (C=O) groups excluding carboxylic acids is 2. The number of hydrogen-bond acceptors (Lipinski definition) is 4. The Bertz CT molecular complexity index is 298. The number of hydrogen-bond donors (Lipinski definition) is 0. The van der Waals surface area contributed by atoms with Gasteiger partial charge in [0.25, 0.3) is 0 Å². The molecule has 0 aromatic rings. The van der Waals surface area contributed by atoms with Crippen molar-refractivity contribution in [2.45, 2.75) is 65.6 Å². The summed E-state index contributed by atoms with van der Waals surface area (Å²) in [6.45, 7) is 7.80. The van der Waals surface area contributed by atoms with Gasteiger partial charge in [-0.15, -0.1) is 0 Å². The Labute approximate surface area is 109 Å². The third-order valence-electron chi connectivity index (χ3n) is 3.18. The van der Waals surface area contributed by atoms with Crippen LogP contribution >= 0.6 is 0 Å². The van der Waals surface area contributed by atoms with Gasteiger partial charge < -0.3 is 9.47 Å². The first-order valence-corrected chi connectivity index (χ1v) is 6.85. The van der Waals surface area contributed by atoms with Crippen molar-refractivity contribution in [1.29, 1.82) is 0 Å². The van der Waals surface area contributed by atoms with Gasteiger partial charge >= 0.3 is 11.9 Å². The van der Waals surface area contributed by atoms with Crippen LogP contribution in [0, 0.1) is 11.8 Å². The van der Waals surface area contributed by atoms with Crippen LogP contribution in [0.3, 0.4) is 0 Å². The number of esters is 2. The van der Waals surface area contributed by atoms with Crippen molar-refractivity contribution in [2.24, 2.45) is 11.8 Å². The molecule has 0 aromatic carbocycles. The molecule has 104 valence electrons. The van der Waals surface area contributed by atoms with Crippen molar-refractivity contribution < 1.29 is 19.1 Å². The van der Waals surface area contributed by atoms with E-state index in [9.17, 15) is 9.59 Å². The second-order valence-corrected chi connectivity index (χ2v) is 5.44. The average molecular weight is 256 g/mol. The Hall–Kier alpha value is -1.06. The van der Waals surface area contributed by atoms with Crippen molar-refractivity contribution in [3.8, 4) is 0 Å². The summed E-state index contributed by atoms with van der Waals surface area (Å²) < 4.78 is 10.6. The van der Waals surface area contributed by atoms with Crippen molar-refractivity contribution in [3.05, 3.63) is 0 Å². The van der Waals surface area contributed by atoms with E-state index in [-0.39, 0.29) is 29.9 Å². The molecule has 0 radical (unpaired) electrons. The Kier molecular flexibility index (Phi) is 5.63. The van der Waals surface area contributed by atoms with Crippen LogP contribution in [0.4, 0.5) is 0 Å². The lowest BCUT2D eigenvalue weighted by atomic mass is 9.95. The molecule has 0 N–H and O–H groups in total. The predicted octanol–water partition coefficient (Wildman–Crippen LogP) is 2.70. The van der Waals surface area contributed by atoms with Crippen LogP contribution in [0.1, 0.15) is 53.4 Å². The Balaban J connectivity index is 2.59. The second kappa shape index (κ2) is 6.76. The molecule has 0 spiro atoms. The fraction of sp³-hybridized carbons (Fsp3) is 0.857. The first-order valence-electron chi connectivity index (χ1n) is 6.85. The molecule has 0 aromatic heterocycles. The zero-order valence-corrected chi connectivity index (χ0v) is 11.8. The van der Waals surface area contributed by atoms with E-state index in [1.807, 2.05) is 13.8 Å². The van der Waals surface area contributed by atoms with Gasteiger partial charge in [0.1, 0.15) is 6.10 Å². The fourth-order valence-electron chi connectivity index (χ4n) is 2.22. The standard InChI is InChI=1S/C14H24O4/c1-5-6-7-11-13(10(4)17-14(11)16)18-12(15)8-9(2)3/h9-11,13H,5-8H2,1-4H3/t10-,11+,13-/m0/s1. The molecule has 18 heavy (non-hydrogen) atoms. The maximum atomic E-state index is 11.7. The Morgan fingerprint density at radius 3 is 2.67 bits per heavy atom. The molecule has 0 bridgehead atoms. The van der Waals surface area contributed by atoms with Crippen LogP contribution in [0.2, 0.25) is 0 Å². The van der Waals surface area contributed by atoms with Crippen LogP contribution < -0.4 is 0 Å². The Morgan fingerprint density at radius 1 is 1.44 bits per heavy atom. The van der Waals surface area contributed by atoms with Crippen molar-refractivity contribution >= 4 is 11.9 Å². The van der Waals surface area contributed by atoms with E-state index in [0.29, 0.717) is 6.42 Å². The van der Waals surface area contributed by atoms with Gasteiger partial charge in [0.05, 0.1) is 5.92 Å². The van der Waals surface area contributed by atoms with E-state index < -0.39 is 6.10 Å². The number of cyclic esters (lactones) is 1. The summed E-state index contributed by atoms with van der Waals surface area (Å²) in [6.07, 6.45) is 2.36. The van der Waals surface area contributed by atoms with Gasteiger partial charge in [-0.3, -0.25) is 9.59 Å². The molecular weight excluding hydrogens is 232 g/mol. The lowest BCUT2D eigenvalue weighted by Gasteiger charge is -2.19.